The lowest BCUT2D eigenvalue weighted by Gasteiger charge is -2.21. The van der Waals surface area contributed by atoms with Crippen LogP contribution in [0.25, 0.3) is 0 Å². The van der Waals surface area contributed by atoms with Crippen molar-refractivity contribution in [1.82, 2.24) is 4.90 Å². The molecule has 1 aromatic carbocycles. The van der Waals surface area contributed by atoms with Crippen LogP contribution in [0, 0.1) is 0 Å². The zero-order chi connectivity index (χ0) is 16.0. The SMILES string of the molecule is CN(Cc1ccccc1)CC(O)CCCC1COC(C)(C)O1. The lowest BCUT2D eigenvalue weighted by molar-refractivity contribution is -0.139. The summed E-state index contributed by atoms with van der Waals surface area (Å²) in [7, 11) is 2.05. The summed E-state index contributed by atoms with van der Waals surface area (Å²) in [5.41, 5.74) is 1.27. The quantitative estimate of drug-likeness (QED) is 0.802. The fraction of sp³-hybridized carbons (Fsp3) is 0.667. The largest absolute Gasteiger partial charge is 0.392 e. The van der Waals surface area contributed by atoms with Gasteiger partial charge in [-0.2, -0.15) is 0 Å². The van der Waals surface area contributed by atoms with E-state index in [4.69, 9.17) is 9.47 Å². The molecule has 124 valence electrons. The number of benzene rings is 1. The van der Waals surface area contributed by atoms with E-state index in [0.29, 0.717) is 13.2 Å². The van der Waals surface area contributed by atoms with Gasteiger partial charge in [0.1, 0.15) is 0 Å². The molecule has 2 unspecified atom stereocenters. The molecule has 1 aliphatic rings. The highest BCUT2D eigenvalue weighted by atomic mass is 16.7. The van der Waals surface area contributed by atoms with Crippen LogP contribution in [0.5, 0.6) is 0 Å². The van der Waals surface area contributed by atoms with Crippen LogP contribution in [-0.4, -0.2) is 48.2 Å². The number of rotatable bonds is 8. The first-order valence-corrected chi connectivity index (χ1v) is 8.17. The molecule has 0 aliphatic carbocycles. The number of aliphatic hydroxyl groups is 1. The van der Waals surface area contributed by atoms with Crippen molar-refractivity contribution in [2.24, 2.45) is 0 Å². The molecule has 0 radical (unpaired) electrons. The van der Waals surface area contributed by atoms with Gasteiger partial charge < -0.3 is 14.6 Å². The molecule has 0 aromatic heterocycles. The molecule has 1 aliphatic heterocycles. The topological polar surface area (TPSA) is 41.9 Å². The number of nitrogens with zero attached hydrogens (tertiary/aromatic N) is 1. The second kappa shape index (κ2) is 8.06. The number of aliphatic hydroxyl groups excluding tert-OH is 1. The van der Waals surface area contributed by atoms with Crippen molar-refractivity contribution in [3.8, 4) is 0 Å². The zero-order valence-corrected chi connectivity index (χ0v) is 14.0. The molecule has 1 fully saturated rings. The van der Waals surface area contributed by atoms with Crippen LogP contribution in [0.1, 0.15) is 38.7 Å². The van der Waals surface area contributed by atoms with Gasteiger partial charge in [-0.1, -0.05) is 30.3 Å². The molecule has 4 nitrogen and oxygen atoms in total. The molecule has 2 atom stereocenters. The molecule has 2 rings (SSSR count). The predicted octanol–water partition coefficient (Wildman–Crippen LogP) is 2.80. The Kier molecular flexibility index (Phi) is 6.38. The van der Waals surface area contributed by atoms with Crippen LogP contribution in [0.15, 0.2) is 30.3 Å². The molecule has 0 amide bonds. The van der Waals surface area contributed by atoms with Gasteiger partial charge >= 0.3 is 0 Å². The molecular weight excluding hydrogens is 278 g/mol. The monoisotopic (exact) mass is 307 g/mol. The van der Waals surface area contributed by atoms with Gasteiger partial charge in [0.15, 0.2) is 5.79 Å². The zero-order valence-electron chi connectivity index (χ0n) is 14.0. The van der Waals surface area contributed by atoms with E-state index in [-0.39, 0.29) is 12.2 Å². The van der Waals surface area contributed by atoms with Gasteiger partial charge in [-0.25, -0.2) is 0 Å². The summed E-state index contributed by atoms with van der Waals surface area (Å²) in [5.74, 6) is -0.445. The second-order valence-corrected chi connectivity index (χ2v) is 6.72. The summed E-state index contributed by atoms with van der Waals surface area (Å²) in [6.07, 6.45) is 2.60. The van der Waals surface area contributed by atoms with Crippen molar-refractivity contribution in [3.05, 3.63) is 35.9 Å². The summed E-state index contributed by atoms with van der Waals surface area (Å²) in [5, 5.41) is 10.2. The molecule has 0 spiro atoms. The molecule has 22 heavy (non-hydrogen) atoms. The van der Waals surface area contributed by atoms with E-state index in [2.05, 4.69) is 17.0 Å². The van der Waals surface area contributed by atoms with E-state index in [0.717, 1.165) is 25.8 Å². The smallest absolute Gasteiger partial charge is 0.163 e. The molecule has 1 N–H and O–H groups in total. The Hall–Kier alpha value is -0.940. The third-order valence-electron chi connectivity index (χ3n) is 3.95. The summed E-state index contributed by atoms with van der Waals surface area (Å²) in [6, 6.07) is 10.3. The van der Waals surface area contributed by atoms with Gasteiger partial charge in [0.25, 0.3) is 0 Å². The molecule has 0 saturated carbocycles. The minimum Gasteiger partial charge on any atom is -0.392 e. The van der Waals surface area contributed by atoms with Crippen molar-refractivity contribution < 1.29 is 14.6 Å². The Bertz CT molecular complexity index is 435. The molecule has 1 saturated heterocycles. The van der Waals surface area contributed by atoms with Gasteiger partial charge in [-0.05, 0) is 45.7 Å². The maximum atomic E-state index is 10.2. The maximum absolute atomic E-state index is 10.2. The van der Waals surface area contributed by atoms with Crippen LogP contribution in [0.2, 0.25) is 0 Å². The Labute approximate surface area is 134 Å². The summed E-state index contributed by atoms with van der Waals surface area (Å²) < 4.78 is 11.3. The first-order chi connectivity index (χ1) is 10.4. The van der Waals surface area contributed by atoms with E-state index >= 15 is 0 Å². The fourth-order valence-corrected chi connectivity index (χ4v) is 2.90. The maximum Gasteiger partial charge on any atom is 0.163 e. The molecular formula is C18H29NO3. The highest BCUT2D eigenvalue weighted by Crippen LogP contribution is 2.25. The van der Waals surface area contributed by atoms with E-state index in [1.54, 1.807) is 0 Å². The van der Waals surface area contributed by atoms with Gasteiger partial charge in [-0.3, -0.25) is 4.90 Å². The number of hydrogen-bond acceptors (Lipinski definition) is 4. The van der Waals surface area contributed by atoms with Crippen molar-refractivity contribution in [1.29, 1.82) is 0 Å². The summed E-state index contributed by atoms with van der Waals surface area (Å²) >= 11 is 0. The highest BCUT2D eigenvalue weighted by molar-refractivity contribution is 5.14. The average molecular weight is 307 g/mol. The predicted molar refractivity (Wildman–Crippen MR) is 87.5 cm³/mol. The van der Waals surface area contributed by atoms with E-state index in [9.17, 15) is 5.11 Å². The van der Waals surface area contributed by atoms with Gasteiger partial charge in [0.2, 0.25) is 0 Å². The van der Waals surface area contributed by atoms with Crippen molar-refractivity contribution in [2.75, 3.05) is 20.2 Å². The lowest BCUT2D eigenvalue weighted by Crippen LogP contribution is -2.29. The third-order valence-corrected chi connectivity index (χ3v) is 3.95. The van der Waals surface area contributed by atoms with Crippen LogP contribution >= 0.6 is 0 Å². The molecule has 4 heteroatoms. The summed E-state index contributed by atoms with van der Waals surface area (Å²) in [4.78, 5) is 2.16. The summed E-state index contributed by atoms with van der Waals surface area (Å²) in [6.45, 7) is 6.12. The Balaban J connectivity index is 1.60. The Morgan fingerprint density at radius 1 is 1.32 bits per heavy atom. The first kappa shape index (κ1) is 17.4. The molecule has 0 bridgehead atoms. The van der Waals surface area contributed by atoms with Crippen LogP contribution < -0.4 is 0 Å². The number of likely N-dealkylation sites (N-methyl/N-ethyl adjacent to an activating group) is 1. The standard InChI is InChI=1S/C18H29NO3/c1-18(2)21-14-17(22-18)11-7-10-16(20)13-19(3)12-15-8-5-4-6-9-15/h4-6,8-9,16-17,20H,7,10-14H2,1-3H3. The second-order valence-electron chi connectivity index (χ2n) is 6.72. The van der Waals surface area contributed by atoms with Gasteiger partial charge in [-0.15, -0.1) is 0 Å². The lowest BCUT2D eigenvalue weighted by atomic mass is 10.1. The van der Waals surface area contributed by atoms with Gasteiger partial charge in [0, 0.05) is 13.1 Å². The molecule has 1 aromatic rings. The number of ether oxygens (including phenoxy) is 2. The first-order valence-electron chi connectivity index (χ1n) is 8.17. The van der Waals surface area contributed by atoms with Crippen molar-refractivity contribution in [3.63, 3.8) is 0 Å². The minimum absolute atomic E-state index is 0.171. The van der Waals surface area contributed by atoms with E-state index in [1.807, 2.05) is 39.1 Å². The van der Waals surface area contributed by atoms with Crippen LogP contribution in [0.3, 0.4) is 0 Å². The van der Waals surface area contributed by atoms with E-state index in [1.165, 1.54) is 5.56 Å². The van der Waals surface area contributed by atoms with Crippen molar-refractivity contribution in [2.45, 2.75) is 57.6 Å². The average Bonchev–Trinajstić information content (AvgIpc) is 2.79. The fourth-order valence-electron chi connectivity index (χ4n) is 2.90. The van der Waals surface area contributed by atoms with Crippen LogP contribution in [-0.2, 0) is 16.0 Å². The minimum atomic E-state index is -0.445. The van der Waals surface area contributed by atoms with E-state index < -0.39 is 5.79 Å². The van der Waals surface area contributed by atoms with Crippen molar-refractivity contribution >= 4 is 0 Å². The Morgan fingerprint density at radius 2 is 2.05 bits per heavy atom. The Morgan fingerprint density at radius 3 is 2.68 bits per heavy atom. The van der Waals surface area contributed by atoms with Gasteiger partial charge in [0.05, 0.1) is 18.8 Å². The molecule has 1 heterocycles. The normalized spacial score (nSPS) is 22.1. The van der Waals surface area contributed by atoms with Crippen LogP contribution in [0.4, 0.5) is 0 Å². The third kappa shape index (κ3) is 6.05. The highest BCUT2D eigenvalue weighted by Gasteiger charge is 2.32. The number of hydrogen-bond donors (Lipinski definition) is 1.